The van der Waals surface area contributed by atoms with Gasteiger partial charge in [0.2, 0.25) is 5.79 Å². The summed E-state index contributed by atoms with van der Waals surface area (Å²) in [6, 6.07) is 5.88. The van der Waals surface area contributed by atoms with Crippen LogP contribution in [0.3, 0.4) is 0 Å². The number of thioether (sulfide) groups is 1. The van der Waals surface area contributed by atoms with Gasteiger partial charge in [0.25, 0.3) is 0 Å². The molecule has 0 unspecified atom stereocenters. The number of ether oxygens (including phenoxy) is 3. The molecule has 0 saturated heterocycles. The van der Waals surface area contributed by atoms with Crippen LogP contribution in [0.2, 0.25) is 0 Å². The van der Waals surface area contributed by atoms with E-state index >= 15 is 0 Å². The summed E-state index contributed by atoms with van der Waals surface area (Å²) in [6.07, 6.45) is 40.7. The molecule has 1 aromatic carbocycles. The third kappa shape index (κ3) is 19.6. The molecule has 10 heteroatoms. The van der Waals surface area contributed by atoms with E-state index in [-0.39, 0.29) is 42.1 Å². The lowest BCUT2D eigenvalue weighted by Gasteiger charge is -2.58. The van der Waals surface area contributed by atoms with Crippen LogP contribution in [-0.2, 0) is 9.57 Å². The molecule has 0 bridgehead atoms. The first kappa shape index (κ1) is 58.0. The minimum atomic E-state index is -0.996. The van der Waals surface area contributed by atoms with Crippen molar-refractivity contribution in [2.24, 2.45) is 22.9 Å². The van der Waals surface area contributed by atoms with Crippen molar-refractivity contribution >= 4 is 23.6 Å². The number of benzene rings is 1. The van der Waals surface area contributed by atoms with Gasteiger partial charge in [0, 0.05) is 37.7 Å². The van der Waals surface area contributed by atoms with Gasteiger partial charge in [0.05, 0.1) is 23.5 Å². The highest BCUT2D eigenvalue weighted by Gasteiger charge is 2.64. The molecule has 3 aliphatic rings. The molecule has 1 amide bonds. The van der Waals surface area contributed by atoms with Gasteiger partial charge in [-0.2, -0.15) is 11.8 Å². The molecule has 9 nitrogen and oxygen atoms in total. The number of aliphatic hydroxyl groups is 2. The number of carbonyl (C=O) groups excluding carboxylic acids is 1. The fourth-order valence-electron chi connectivity index (χ4n) is 11.2. The van der Waals surface area contributed by atoms with Gasteiger partial charge < -0.3 is 34.6 Å². The third-order valence-electron chi connectivity index (χ3n) is 14.8. The van der Waals surface area contributed by atoms with E-state index in [0.29, 0.717) is 31.9 Å². The SMILES string of the molecule is C=CCO[C@@]12Oc3ccc(OC(=O)NCCCCCCCCCCCC)cc3[C@H]3[C@H](CCCCO)[C@@H](CCCCO)C=C(C(=NOCC)C[C@@H]1SCCCCCCCCCCCCCCCC)[C@H]32. The lowest BCUT2D eigenvalue weighted by atomic mass is 9.56. The summed E-state index contributed by atoms with van der Waals surface area (Å²) in [5.41, 5.74) is 3.11. The van der Waals surface area contributed by atoms with E-state index in [0.717, 1.165) is 86.1 Å². The van der Waals surface area contributed by atoms with E-state index in [1.807, 2.05) is 43.0 Å². The first-order valence-corrected chi connectivity index (χ1v) is 29.3. The Labute approximate surface area is 419 Å². The monoisotopic (exact) mass is 967 g/mol. The molecule has 1 saturated carbocycles. The molecule has 68 heavy (non-hydrogen) atoms. The van der Waals surface area contributed by atoms with Crippen LogP contribution in [0.4, 0.5) is 4.79 Å². The van der Waals surface area contributed by atoms with Crippen LogP contribution in [0.15, 0.2) is 47.7 Å². The van der Waals surface area contributed by atoms with Gasteiger partial charge in [-0.25, -0.2) is 4.79 Å². The van der Waals surface area contributed by atoms with Crippen molar-refractivity contribution in [2.45, 2.75) is 237 Å². The topological polar surface area (TPSA) is 119 Å². The summed E-state index contributed by atoms with van der Waals surface area (Å²) in [7, 11) is 0. The molecule has 0 spiro atoms. The quantitative estimate of drug-likeness (QED) is 0.0337. The van der Waals surface area contributed by atoms with Crippen LogP contribution in [-0.4, -0.2) is 71.8 Å². The van der Waals surface area contributed by atoms with Crippen LogP contribution >= 0.6 is 11.8 Å². The number of hydrogen-bond acceptors (Lipinski definition) is 9. The van der Waals surface area contributed by atoms with Gasteiger partial charge in [0.1, 0.15) is 18.1 Å². The highest BCUT2D eigenvalue weighted by atomic mass is 32.2. The molecule has 0 radical (unpaired) electrons. The number of nitrogens with zero attached hydrogens (tertiary/aromatic N) is 1. The van der Waals surface area contributed by atoms with Gasteiger partial charge >= 0.3 is 6.09 Å². The number of carbonyl (C=O) groups is 1. The van der Waals surface area contributed by atoms with E-state index in [2.05, 4.69) is 31.8 Å². The minimum Gasteiger partial charge on any atom is -0.460 e. The lowest BCUT2D eigenvalue weighted by molar-refractivity contribution is -0.223. The summed E-state index contributed by atoms with van der Waals surface area (Å²) in [5, 5.41) is 27.7. The minimum absolute atomic E-state index is 0.0454. The molecule has 388 valence electrons. The lowest BCUT2D eigenvalue weighted by Crippen LogP contribution is -2.64. The first-order chi connectivity index (χ1) is 33.5. The highest BCUT2D eigenvalue weighted by molar-refractivity contribution is 8.00. The molecule has 4 rings (SSSR count). The zero-order valence-electron chi connectivity index (χ0n) is 43.4. The zero-order chi connectivity index (χ0) is 48.5. The number of nitrogens with one attached hydrogen (secondary N) is 1. The van der Waals surface area contributed by atoms with Crippen LogP contribution in [0, 0.1) is 17.8 Å². The van der Waals surface area contributed by atoms with Crippen LogP contribution in [0.1, 0.15) is 231 Å². The average molecular weight is 967 g/mol. The largest absolute Gasteiger partial charge is 0.460 e. The number of amides is 1. The summed E-state index contributed by atoms with van der Waals surface area (Å²) in [4.78, 5) is 19.2. The second kappa shape index (κ2) is 35.6. The van der Waals surface area contributed by atoms with Crippen LogP contribution in [0.25, 0.3) is 0 Å². The maximum absolute atomic E-state index is 13.3. The number of allylic oxidation sites excluding steroid dienone is 1. The summed E-state index contributed by atoms with van der Waals surface area (Å²) >= 11 is 1.95. The Balaban J connectivity index is 1.53. The van der Waals surface area contributed by atoms with Crippen LogP contribution < -0.4 is 14.8 Å². The van der Waals surface area contributed by atoms with E-state index in [9.17, 15) is 15.0 Å². The Morgan fingerprint density at radius 3 is 1.93 bits per heavy atom. The maximum Gasteiger partial charge on any atom is 0.412 e. The summed E-state index contributed by atoms with van der Waals surface area (Å²) < 4.78 is 20.5. The molecule has 6 atom stereocenters. The molecular formula is C58H98N2O7S. The second-order valence-corrected chi connectivity index (χ2v) is 21.4. The number of rotatable bonds is 41. The van der Waals surface area contributed by atoms with Gasteiger partial charge in [-0.1, -0.05) is 185 Å². The van der Waals surface area contributed by atoms with Gasteiger partial charge in [-0.05, 0) is 86.8 Å². The van der Waals surface area contributed by atoms with E-state index < -0.39 is 11.9 Å². The summed E-state index contributed by atoms with van der Waals surface area (Å²) in [6.45, 7) is 12.3. The molecule has 3 N–H and O–H groups in total. The highest BCUT2D eigenvalue weighted by Crippen LogP contribution is 2.62. The molecule has 1 heterocycles. The van der Waals surface area contributed by atoms with E-state index in [1.165, 1.54) is 135 Å². The Morgan fingerprint density at radius 2 is 1.35 bits per heavy atom. The van der Waals surface area contributed by atoms with Crippen molar-refractivity contribution in [1.82, 2.24) is 5.32 Å². The van der Waals surface area contributed by atoms with Crippen molar-refractivity contribution in [3.05, 3.63) is 48.1 Å². The molecule has 2 aliphatic carbocycles. The predicted octanol–water partition coefficient (Wildman–Crippen LogP) is 15.6. The van der Waals surface area contributed by atoms with Gasteiger partial charge in [-0.3, -0.25) is 0 Å². The summed E-state index contributed by atoms with van der Waals surface area (Å²) in [5.74, 6) is 1.40. The number of unbranched alkanes of at least 4 members (excludes halogenated alkanes) is 24. The first-order valence-electron chi connectivity index (χ1n) is 28.2. The van der Waals surface area contributed by atoms with Crippen molar-refractivity contribution in [3.63, 3.8) is 0 Å². The molecule has 1 aliphatic heterocycles. The third-order valence-corrected chi connectivity index (χ3v) is 16.2. The number of hydrogen-bond donors (Lipinski definition) is 3. The van der Waals surface area contributed by atoms with Crippen molar-refractivity contribution in [2.75, 3.05) is 38.7 Å². The normalized spacial score (nSPS) is 22.3. The van der Waals surface area contributed by atoms with Crippen molar-refractivity contribution in [1.29, 1.82) is 0 Å². The van der Waals surface area contributed by atoms with E-state index in [4.69, 9.17) is 24.2 Å². The van der Waals surface area contributed by atoms with Crippen LogP contribution in [0.5, 0.6) is 11.5 Å². The van der Waals surface area contributed by atoms with Crippen molar-refractivity contribution < 1.29 is 34.1 Å². The fraction of sp³-hybridized carbons (Fsp3) is 0.793. The molecule has 1 fully saturated rings. The average Bonchev–Trinajstić information content (AvgIpc) is 3.34. The molecule has 1 aromatic rings. The van der Waals surface area contributed by atoms with Gasteiger partial charge in [-0.15, -0.1) is 6.58 Å². The standard InChI is InChI=1S/C58H98N2O7S/c1-5-9-11-13-15-17-19-20-21-22-24-26-28-34-43-68-54-46-52(60-65-8-4)50-44-47(35-29-32-40-61)49(36-30-33-41-62)55-51-45-48(37-38-53(51)67-58(54,56(50)55)64-42-7-3)66-57(63)59-39-31-27-25-23-18-16-14-12-10-6-2/h7,37-38,44-45,47,49,54-56,61-62H,3,5-6,8-36,39-43,46H2,1-2,4H3,(H,59,63)/t47-,49+,54-,55+,56+,58+/m0/s1. The van der Waals surface area contributed by atoms with Crippen molar-refractivity contribution in [3.8, 4) is 11.5 Å². The second-order valence-electron chi connectivity index (χ2n) is 20.1. The van der Waals surface area contributed by atoms with Gasteiger partial charge in [0.15, 0.2) is 0 Å². The zero-order valence-corrected chi connectivity index (χ0v) is 44.3. The fourth-order valence-corrected chi connectivity index (χ4v) is 12.6. The Bertz CT molecular complexity index is 1570. The number of aliphatic hydroxyl groups excluding tert-OH is 2. The Hall–Kier alpha value is -2.53. The smallest absolute Gasteiger partial charge is 0.412 e. The Kier molecular flexibility index (Phi) is 30.3. The number of oxime groups is 1. The number of fused-ring (bicyclic) bond motifs is 2. The molecular weight excluding hydrogens is 869 g/mol. The maximum atomic E-state index is 13.3. The van der Waals surface area contributed by atoms with E-state index in [1.54, 1.807) is 0 Å². The Morgan fingerprint density at radius 1 is 0.779 bits per heavy atom. The molecule has 0 aromatic heterocycles. The predicted molar refractivity (Wildman–Crippen MR) is 285 cm³/mol.